The van der Waals surface area contributed by atoms with Crippen LogP contribution in [0, 0.1) is 0 Å². The third-order valence-electron chi connectivity index (χ3n) is 2.46. The second kappa shape index (κ2) is 4.93. The zero-order chi connectivity index (χ0) is 12.4. The molecule has 0 amide bonds. The van der Waals surface area contributed by atoms with E-state index in [1.807, 2.05) is 31.8 Å². The average molecular weight is 251 g/mol. The highest BCUT2D eigenvalue weighted by Crippen LogP contribution is 2.23. The molecule has 6 heteroatoms. The van der Waals surface area contributed by atoms with Gasteiger partial charge in [-0.2, -0.15) is 11.8 Å². The minimum Gasteiger partial charge on any atom is -0.397 e. The molecular weight excluding hydrogens is 234 g/mol. The number of nitrogens with two attached hydrogens (primary N) is 2. The summed E-state index contributed by atoms with van der Waals surface area (Å²) < 4.78 is 1.74. The van der Waals surface area contributed by atoms with Gasteiger partial charge in [0.1, 0.15) is 5.52 Å². The van der Waals surface area contributed by atoms with Gasteiger partial charge in [0.15, 0.2) is 0 Å². The quantitative estimate of drug-likeness (QED) is 0.796. The van der Waals surface area contributed by atoms with Gasteiger partial charge in [0, 0.05) is 24.6 Å². The third kappa shape index (κ3) is 2.70. The van der Waals surface area contributed by atoms with E-state index < -0.39 is 0 Å². The summed E-state index contributed by atoms with van der Waals surface area (Å²) in [6, 6.07) is 4.27. The molecule has 1 aromatic heterocycles. The van der Waals surface area contributed by atoms with Gasteiger partial charge in [-0.1, -0.05) is 5.21 Å². The lowest BCUT2D eigenvalue weighted by molar-refractivity contribution is 0.736. The van der Waals surface area contributed by atoms with Crippen molar-refractivity contribution in [3.05, 3.63) is 17.7 Å². The van der Waals surface area contributed by atoms with Crippen LogP contribution < -0.4 is 11.5 Å². The maximum Gasteiger partial charge on any atom is 0.136 e. The first-order chi connectivity index (χ1) is 8.08. The molecule has 17 heavy (non-hydrogen) atoms. The molecule has 1 heterocycles. The molecule has 0 aliphatic carbocycles. The zero-order valence-electron chi connectivity index (χ0n) is 10.1. The summed E-state index contributed by atoms with van der Waals surface area (Å²) >= 11 is 1.81. The van der Waals surface area contributed by atoms with Crippen LogP contribution in [0.5, 0.6) is 0 Å². The van der Waals surface area contributed by atoms with E-state index in [-0.39, 0.29) is 6.04 Å². The second-order valence-electron chi connectivity index (χ2n) is 4.26. The molecule has 1 atom stereocenters. The van der Waals surface area contributed by atoms with Gasteiger partial charge in [-0.05, 0) is 24.6 Å². The Kier molecular flexibility index (Phi) is 3.54. The second-order valence-corrected chi connectivity index (χ2v) is 5.29. The third-order valence-corrected chi connectivity index (χ3v) is 3.76. The minimum atomic E-state index is 0.222. The summed E-state index contributed by atoms with van der Waals surface area (Å²) in [6.07, 6.45) is 0. The van der Waals surface area contributed by atoms with Gasteiger partial charge in [0.05, 0.1) is 11.2 Å². The van der Waals surface area contributed by atoms with Gasteiger partial charge in [-0.3, -0.25) is 0 Å². The van der Waals surface area contributed by atoms with E-state index in [0.29, 0.717) is 5.69 Å². The molecule has 0 aliphatic rings. The Balaban J connectivity index is 2.20. The van der Waals surface area contributed by atoms with Gasteiger partial charge in [0.25, 0.3) is 0 Å². The lowest BCUT2D eigenvalue weighted by atomic mass is 10.2. The Morgan fingerprint density at radius 2 is 2.24 bits per heavy atom. The molecule has 4 N–H and O–H groups in total. The van der Waals surface area contributed by atoms with Crippen molar-refractivity contribution in [3.8, 4) is 0 Å². The number of aryl methyl sites for hydroxylation is 1. The number of fused-ring (bicyclic) bond motifs is 1. The predicted molar refractivity (Wildman–Crippen MR) is 72.7 cm³/mol. The Hall–Kier alpha value is -1.27. The van der Waals surface area contributed by atoms with Crippen LogP contribution in [0.4, 0.5) is 5.69 Å². The molecule has 0 saturated heterocycles. The lowest BCUT2D eigenvalue weighted by Crippen LogP contribution is -2.17. The Labute approximate surface area is 105 Å². The minimum absolute atomic E-state index is 0.222. The fraction of sp³-hybridized carbons (Fsp3) is 0.455. The van der Waals surface area contributed by atoms with E-state index in [1.54, 1.807) is 4.68 Å². The first-order valence-electron chi connectivity index (χ1n) is 5.49. The van der Waals surface area contributed by atoms with Gasteiger partial charge >= 0.3 is 0 Å². The van der Waals surface area contributed by atoms with Crippen molar-refractivity contribution in [2.45, 2.75) is 18.7 Å². The number of hydrogen-bond donors (Lipinski definition) is 2. The molecule has 1 aromatic carbocycles. The van der Waals surface area contributed by atoms with E-state index in [4.69, 9.17) is 11.5 Å². The van der Waals surface area contributed by atoms with Gasteiger partial charge in [-0.25, -0.2) is 4.68 Å². The van der Waals surface area contributed by atoms with Gasteiger partial charge in [-0.15, -0.1) is 5.10 Å². The van der Waals surface area contributed by atoms with Gasteiger partial charge < -0.3 is 11.5 Å². The maximum absolute atomic E-state index is 5.95. The smallest absolute Gasteiger partial charge is 0.136 e. The maximum atomic E-state index is 5.95. The van der Waals surface area contributed by atoms with E-state index in [2.05, 4.69) is 16.4 Å². The van der Waals surface area contributed by atoms with Crippen molar-refractivity contribution in [1.82, 2.24) is 15.0 Å². The van der Waals surface area contributed by atoms with E-state index in [1.165, 1.54) is 5.56 Å². The zero-order valence-corrected chi connectivity index (χ0v) is 10.9. The highest BCUT2D eigenvalue weighted by atomic mass is 32.2. The van der Waals surface area contributed by atoms with Crippen molar-refractivity contribution in [2.75, 3.05) is 11.5 Å². The van der Waals surface area contributed by atoms with Crippen molar-refractivity contribution in [2.24, 2.45) is 12.8 Å². The SMILES string of the molecule is C[C@@H](N)CSCc1cc(N)c2nnn(C)c2c1. The number of thioether (sulfide) groups is 1. The number of hydrogen-bond acceptors (Lipinski definition) is 5. The number of benzene rings is 1. The number of rotatable bonds is 4. The van der Waals surface area contributed by atoms with Crippen LogP contribution in [0.2, 0.25) is 0 Å². The largest absolute Gasteiger partial charge is 0.397 e. The van der Waals surface area contributed by atoms with Crippen LogP contribution in [-0.2, 0) is 12.8 Å². The van der Waals surface area contributed by atoms with E-state index >= 15 is 0 Å². The van der Waals surface area contributed by atoms with Crippen LogP contribution >= 0.6 is 11.8 Å². The van der Waals surface area contributed by atoms with Crippen LogP contribution in [-0.4, -0.2) is 26.8 Å². The molecule has 0 radical (unpaired) electrons. The highest BCUT2D eigenvalue weighted by molar-refractivity contribution is 7.98. The number of aromatic nitrogens is 3. The normalized spacial score (nSPS) is 13.1. The Bertz CT molecular complexity index is 520. The number of anilines is 1. The molecule has 0 fully saturated rings. The van der Waals surface area contributed by atoms with Crippen LogP contribution in [0.1, 0.15) is 12.5 Å². The summed E-state index contributed by atoms with van der Waals surface area (Å²) in [5.74, 6) is 1.86. The molecule has 0 aliphatic heterocycles. The first kappa shape index (κ1) is 12.2. The lowest BCUT2D eigenvalue weighted by Gasteiger charge is -2.06. The summed E-state index contributed by atoms with van der Waals surface area (Å²) in [7, 11) is 1.87. The predicted octanol–water partition coefficient (Wildman–Crippen LogP) is 1.13. The fourth-order valence-electron chi connectivity index (χ4n) is 1.66. The topological polar surface area (TPSA) is 82.8 Å². The molecule has 0 bridgehead atoms. The van der Waals surface area contributed by atoms with Crippen LogP contribution in [0.25, 0.3) is 11.0 Å². The molecule has 0 spiro atoms. The molecule has 0 saturated carbocycles. The molecule has 0 unspecified atom stereocenters. The number of nitrogen functional groups attached to an aromatic ring is 1. The average Bonchev–Trinajstić information content (AvgIpc) is 2.61. The van der Waals surface area contributed by atoms with Crippen molar-refractivity contribution < 1.29 is 0 Å². The van der Waals surface area contributed by atoms with Gasteiger partial charge in [0.2, 0.25) is 0 Å². The Morgan fingerprint density at radius 1 is 1.47 bits per heavy atom. The first-order valence-corrected chi connectivity index (χ1v) is 6.64. The summed E-state index contributed by atoms with van der Waals surface area (Å²) in [5, 5.41) is 7.99. The van der Waals surface area contributed by atoms with E-state index in [0.717, 1.165) is 22.5 Å². The van der Waals surface area contributed by atoms with Crippen LogP contribution in [0.3, 0.4) is 0 Å². The summed E-state index contributed by atoms with van der Waals surface area (Å²) in [5.41, 5.74) is 15.3. The fourth-order valence-corrected chi connectivity index (χ4v) is 2.56. The number of nitrogens with zero attached hydrogens (tertiary/aromatic N) is 3. The highest BCUT2D eigenvalue weighted by Gasteiger charge is 2.07. The van der Waals surface area contributed by atoms with Crippen molar-refractivity contribution in [1.29, 1.82) is 0 Å². The molecule has 92 valence electrons. The molecule has 2 rings (SSSR count). The summed E-state index contributed by atoms with van der Waals surface area (Å²) in [6.45, 7) is 2.01. The standard InChI is InChI=1S/C11H17N5S/c1-7(12)5-17-6-8-3-9(13)11-10(4-8)16(2)15-14-11/h3-4,7H,5-6,12-13H2,1-2H3/t7-/m1/s1. The molecule has 5 nitrogen and oxygen atoms in total. The van der Waals surface area contributed by atoms with E-state index in [9.17, 15) is 0 Å². The summed E-state index contributed by atoms with van der Waals surface area (Å²) in [4.78, 5) is 0. The van der Waals surface area contributed by atoms with Crippen molar-refractivity contribution in [3.63, 3.8) is 0 Å². The van der Waals surface area contributed by atoms with Crippen LogP contribution in [0.15, 0.2) is 12.1 Å². The monoisotopic (exact) mass is 251 g/mol. The Morgan fingerprint density at radius 3 is 2.94 bits per heavy atom. The molecule has 2 aromatic rings. The molecular formula is C11H17N5S. The van der Waals surface area contributed by atoms with Crippen molar-refractivity contribution >= 4 is 28.5 Å².